The van der Waals surface area contributed by atoms with Crippen LogP contribution in [-0.4, -0.2) is 12.5 Å². The molecule has 0 aliphatic rings. The highest BCUT2D eigenvalue weighted by molar-refractivity contribution is 6.17. The Morgan fingerprint density at radius 1 is 1.27 bits per heavy atom. The van der Waals surface area contributed by atoms with Gasteiger partial charge in [0.2, 0.25) is 0 Å². The Balaban J connectivity index is 2.93. The molecule has 0 spiro atoms. The van der Waals surface area contributed by atoms with Crippen molar-refractivity contribution in [1.29, 1.82) is 0 Å². The minimum atomic E-state index is 0.132. The van der Waals surface area contributed by atoms with E-state index in [0.717, 1.165) is 6.54 Å². The van der Waals surface area contributed by atoms with E-state index in [9.17, 15) is 0 Å². The number of halogens is 1. The summed E-state index contributed by atoms with van der Waals surface area (Å²) >= 11 is 5.65. The second-order valence-electron chi connectivity index (χ2n) is 4.76. The van der Waals surface area contributed by atoms with E-state index in [0.29, 0.717) is 6.00 Å². The van der Waals surface area contributed by atoms with E-state index in [1.165, 1.54) is 16.7 Å². The largest absolute Gasteiger partial charge is 0.303 e. The molecule has 2 heteroatoms. The quantitative estimate of drug-likeness (QED) is 0.612. The molecule has 15 heavy (non-hydrogen) atoms. The standard InChI is InChI=1S/C13H20ClN/c1-10-5-6-12(11(2)7-10)13(3,4)8-15-9-14/h5-7,15H,8-9H2,1-4H3. The molecule has 0 atom stereocenters. The van der Waals surface area contributed by atoms with Crippen LogP contribution in [0.5, 0.6) is 0 Å². The second-order valence-corrected chi connectivity index (χ2v) is 5.03. The molecule has 0 fully saturated rings. The molecule has 0 amide bonds. The molecule has 0 saturated heterocycles. The van der Waals surface area contributed by atoms with Gasteiger partial charge in [-0.1, -0.05) is 37.6 Å². The van der Waals surface area contributed by atoms with E-state index in [1.807, 2.05) is 0 Å². The lowest BCUT2D eigenvalue weighted by atomic mass is 9.81. The molecular weight excluding hydrogens is 206 g/mol. The summed E-state index contributed by atoms with van der Waals surface area (Å²) in [5.41, 5.74) is 4.20. The number of rotatable bonds is 4. The van der Waals surface area contributed by atoms with E-state index < -0.39 is 0 Å². The molecule has 0 aliphatic carbocycles. The van der Waals surface area contributed by atoms with Crippen molar-refractivity contribution in [2.45, 2.75) is 33.1 Å². The topological polar surface area (TPSA) is 12.0 Å². The summed E-state index contributed by atoms with van der Waals surface area (Å²) in [6, 6.07) is 7.14. The van der Waals surface area contributed by atoms with E-state index in [4.69, 9.17) is 11.6 Å². The van der Waals surface area contributed by atoms with Gasteiger partial charge in [-0.25, -0.2) is 0 Å². The van der Waals surface area contributed by atoms with Crippen LogP contribution in [0.2, 0.25) is 0 Å². The first-order chi connectivity index (χ1) is 6.97. The fourth-order valence-corrected chi connectivity index (χ4v) is 2.12. The third kappa shape index (κ3) is 3.22. The Morgan fingerprint density at radius 2 is 1.93 bits per heavy atom. The van der Waals surface area contributed by atoms with Crippen molar-refractivity contribution in [1.82, 2.24) is 5.32 Å². The molecule has 0 saturated carbocycles. The minimum Gasteiger partial charge on any atom is -0.303 e. The number of aryl methyl sites for hydroxylation is 2. The van der Waals surface area contributed by atoms with Crippen LogP contribution < -0.4 is 5.32 Å². The second kappa shape index (κ2) is 5.00. The maximum Gasteiger partial charge on any atom is 0.0713 e. The van der Waals surface area contributed by atoms with Crippen molar-refractivity contribution in [3.05, 3.63) is 34.9 Å². The lowest BCUT2D eigenvalue weighted by molar-refractivity contribution is 0.486. The maximum atomic E-state index is 5.65. The van der Waals surface area contributed by atoms with Crippen LogP contribution in [0.15, 0.2) is 18.2 Å². The summed E-state index contributed by atoms with van der Waals surface area (Å²) in [5, 5.41) is 3.19. The van der Waals surface area contributed by atoms with Crippen molar-refractivity contribution in [2.24, 2.45) is 0 Å². The monoisotopic (exact) mass is 225 g/mol. The summed E-state index contributed by atoms with van der Waals surface area (Å²) < 4.78 is 0. The predicted molar refractivity (Wildman–Crippen MR) is 67.7 cm³/mol. The molecule has 1 rings (SSSR count). The fourth-order valence-electron chi connectivity index (χ4n) is 2.03. The van der Waals surface area contributed by atoms with Gasteiger partial charge in [-0.2, -0.15) is 0 Å². The van der Waals surface area contributed by atoms with Crippen molar-refractivity contribution < 1.29 is 0 Å². The fraction of sp³-hybridized carbons (Fsp3) is 0.538. The van der Waals surface area contributed by atoms with Crippen LogP contribution >= 0.6 is 11.6 Å². The van der Waals surface area contributed by atoms with Crippen molar-refractivity contribution in [2.75, 3.05) is 12.5 Å². The molecular formula is C13H20ClN. The van der Waals surface area contributed by atoms with E-state index in [-0.39, 0.29) is 5.41 Å². The van der Waals surface area contributed by atoms with Gasteiger partial charge in [-0.15, -0.1) is 11.6 Å². The first-order valence-corrected chi connectivity index (χ1v) is 5.85. The van der Waals surface area contributed by atoms with Crippen LogP contribution in [0.25, 0.3) is 0 Å². The highest BCUT2D eigenvalue weighted by Crippen LogP contribution is 2.26. The smallest absolute Gasteiger partial charge is 0.0713 e. The van der Waals surface area contributed by atoms with Gasteiger partial charge in [0, 0.05) is 12.0 Å². The van der Waals surface area contributed by atoms with Crippen LogP contribution in [0, 0.1) is 13.8 Å². The summed E-state index contributed by atoms with van der Waals surface area (Å²) in [6.07, 6.45) is 0. The van der Waals surface area contributed by atoms with Gasteiger partial charge in [0.15, 0.2) is 0 Å². The predicted octanol–water partition coefficient (Wildman–Crippen LogP) is 3.37. The number of benzene rings is 1. The molecule has 1 nitrogen and oxygen atoms in total. The summed E-state index contributed by atoms with van der Waals surface area (Å²) in [6.45, 7) is 9.68. The number of alkyl halides is 1. The van der Waals surface area contributed by atoms with Gasteiger partial charge in [0.25, 0.3) is 0 Å². The SMILES string of the molecule is Cc1ccc(C(C)(C)CNCCl)c(C)c1. The first kappa shape index (κ1) is 12.5. The molecule has 1 aromatic carbocycles. The van der Waals surface area contributed by atoms with Gasteiger partial charge in [-0.3, -0.25) is 0 Å². The molecule has 1 N–H and O–H groups in total. The average Bonchev–Trinajstić information content (AvgIpc) is 2.14. The first-order valence-electron chi connectivity index (χ1n) is 5.32. The normalized spacial score (nSPS) is 11.8. The lowest BCUT2D eigenvalue weighted by Gasteiger charge is -2.27. The van der Waals surface area contributed by atoms with Crippen LogP contribution in [0.1, 0.15) is 30.5 Å². The van der Waals surface area contributed by atoms with Crippen LogP contribution in [-0.2, 0) is 5.41 Å². The molecule has 84 valence electrons. The van der Waals surface area contributed by atoms with Crippen LogP contribution in [0.4, 0.5) is 0 Å². The van der Waals surface area contributed by atoms with Crippen molar-refractivity contribution in [3.63, 3.8) is 0 Å². The molecule has 0 bridgehead atoms. The maximum absolute atomic E-state index is 5.65. The summed E-state index contributed by atoms with van der Waals surface area (Å²) in [7, 11) is 0. The van der Waals surface area contributed by atoms with E-state index >= 15 is 0 Å². The summed E-state index contributed by atoms with van der Waals surface area (Å²) in [5.74, 6) is 0. The molecule has 0 unspecified atom stereocenters. The number of hydrogen-bond donors (Lipinski definition) is 1. The molecule has 0 radical (unpaired) electrons. The summed E-state index contributed by atoms with van der Waals surface area (Å²) in [4.78, 5) is 0. The zero-order valence-electron chi connectivity index (χ0n) is 10.0. The minimum absolute atomic E-state index is 0.132. The van der Waals surface area contributed by atoms with Gasteiger partial charge in [0.05, 0.1) is 6.00 Å². The Kier molecular flexibility index (Phi) is 4.18. The Labute approximate surface area is 97.8 Å². The van der Waals surface area contributed by atoms with Gasteiger partial charge < -0.3 is 5.32 Å². The zero-order valence-corrected chi connectivity index (χ0v) is 10.8. The zero-order chi connectivity index (χ0) is 11.5. The van der Waals surface area contributed by atoms with Crippen LogP contribution in [0.3, 0.4) is 0 Å². The third-order valence-electron chi connectivity index (χ3n) is 2.77. The van der Waals surface area contributed by atoms with Crippen molar-refractivity contribution in [3.8, 4) is 0 Å². The number of nitrogens with one attached hydrogen (secondary N) is 1. The molecule has 0 aromatic heterocycles. The van der Waals surface area contributed by atoms with Gasteiger partial charge in [0.1, 0.15) is 0 Å². The van der Waals surface area contributed by atoms with Gasteiger partial charge in [-0.05, 0) is 25.0 Å². The average molecular weight is 226 g/mol. The van der Waals surface area contributed by atoms with E-state index in [2.05, 4.69) is 51.2 Å². The lowest BCUT2D eigenvalue weighted by Crippen LogP contribution is -2.32. The molecule has 0 aliphatic heterocycles. The van der Waals surface area contributed by atoms with Gasteiger partial charge >= 0.3 is 0 Å². The Hall–Kier alpha value is -0.530. The highest BCUT2D eigenvalue weighted by Gasteiger charge is 2.21. The Bertz CT molecular complexity index is 331. The number of hydrogen-bond acceptors (Lipinski definition) is 1. The highest BCUT2D eigenvalue weighted by atomic mass is 35.5. The van der Waals surface area contributed by atoms with E-state index in [1.54, 1.807) is 0 Å². The Morgan fingerprint density at radius 3 is 2.47 bits per heavy atom. The molecule has 0 heterocycles. The third-order valence-corrected chi connectivity index (χ3v) is 2.96. The molecule has 1 aromatic rings. The van der Waals surface area contributed by atoms with Crippen molar-refractivity contribution >= 4 is 11.6 Å².